The van der Waals surface area contributed by atoms with E-state index in [1.54, 1.807) is 11.4 Å². The summed E-state index contributed by atoms with van der Waals surface area (Å²) in [5.41, 5.74) is 0.0401. The Kier molecular flexibility index (Phi) is 8.14. The van der Waals surface area contributed by atoms with Gasteiger partial charge in [0.2, 0.25) is 0 Å². The second-order valence-electron chi connectivity index (χ2n) is 6.44. The van der Waals surface area contributed by atoms with Crippen molar-refractivity contribution < 1.29 is 35.9 Å². The molecule has 0 aliphatic rings. The number of halogens is 3. The number of hydrogen-bond donors (Lipinski definition) is 2. The van der Waals surface area contributed by atoms with E-state index < -0.39 is 22.1 Å². The summed E-state index contributed by atoms with van der Waals surface area (Å²) in [4.78, 5) is 10.8. The smallest absolute Gasteiger partial charge is 0.471 e. The third kappa shape index (κ3) is 7.06. The van der Waals surface area contributed by atoms with Gasteiger partial charge in [-0.1, -0.05) is 13.8 Å². The van der Waals surface area contributed by atoms with E-state index in [0.717, 1.165) is 37.1 Å². The SMILES string of the molecule is CCCOc1ccc(NS(=O)(=O)c2ccc(NC(=O)C(F)(F)F)cc2)cc1OCCC. The van der Waals surface area contributed by atoms with E-state index in [2.05, 4.69) is 4.72 Å². The molecule has 7 nitrogen and oxygen atoms in total. The molecule has 0 aliphatic heterocycles. The van der Waals surface area contributed by atoms with Gasteiger partial charge in [0.05, 0.1) is 23.8 Å². The fraction of sp³-hybridized carbons (Fsp3) is 0.350. The number of alkyl halides is 3. The van der Waals surface area contributed by atoms with Crippen molar-refractivity contribution >= 4 is 27.3 Å². The summed E-state index contributed by atoms with van der Waals surface area (Å²) < 4.78 is 75.8. The first-order chi connectivity index (χ1) is 14.6. The van der Waals surface area contributed by atoms with Crippen LogP contribution in [0.3, 0.4) is 0 Å². The number of carbonyl (C=O) groups excluding carboxylic acids is 1. The van der Waals surface area contributed by atoms with E-state index in [0.29, 0.717) is 24.7 Å². The van der Waals surface area contributed by atoms with Crippen molar-refractivity contribution in [1.82, 2.24) is 0 Å². The first kappa shape index (κ1) is 24.3. The third-order valence-electron chi connectivity index (χ3n) is 3.80. The van der Waals surface area contributed by atoms with Crippen LogP contribution in [0.15, 0.2) is 47.4 Å². The van der Waals surface area contributed by atoms with Gasteiger partial charge in [-0.05, 0) is 49.2 Å². The van der Waals surface area contributed by atoms with Gasteiger partial charge < -0.3 is 14.8 Å². The minimum atomic E-state index is -5.04. The molecule has 0 radical (unpaired) electrons. The Morgan fingerprint density at radius 2 is 1.45 bits per heavy atom. The molecule has 0 aliphatic carbocycles. The molecule has 0 saturated carbocycles. The van der Waals surface area contributed by atoms with E-state index in [9.17, 15) is 26.4 Å². The lowest BCUT2D eigenvalue weighted by molar-refractivity contribution is -0.167. The number of hydrogen-bond acceptors (Lipinski definition) is 5. The average molecular weight is 460 g/mol. The first-order valence-corrected chi connectivity index (χ1v) is 11.0. The summed E-state index contributed by atoms with van der Waals surface area (Å²) in [5, 5.41) is 1.65. The molecule has 2 rings (SSSR count). The highest BCUT2D eigenvalue weighted by molar-refractivity contribution is 7.92. The van der Waals surface area contributed by atoms with Crippen LogP contribution in [0.5, 0.6) is 11.5 Å². The van der Waals surface area contributed by atoms with Crippen molar-refractivity contribution in [2.75, 3.05) is 23.3 Å². The minimum absolute atomic E-state index is 0.186. The lowest BCUT2D eigenvalue weighted by Gasteiger charge is -2.15. The van der Waals surface area contributed by atoms with Crippen LogP contribution in [0.2, 0.25) is 0 Å². The Labute approximate surface area is 178 Å². The zero-order valence-electron chi connectivity index (χ0n) is 17.0. The molecule has 0 atom stereocenters. The van der Waals surface area contributed by atoms with Crippen molar-refractivity contribution in [1.29, 1.82) is 0 Å². The molecular formula is C20H23F3N2O5S. The second kappa shape index (κ2) is 10.4. The van der Waals surface area contributed by atoms with Gasteiger partial charge in [0, 0.05) is 11.8 Å². The van der Waals surface area contributed by atoms with E-state index in [-0.39, 0.29) is 16.3 Å². The predicted molar refractivity (Wildman–Crippen MR) is 110 cm³/mol. The van der Waals surface area contributed by atoms with Gasteiger partial charge in [-0.15, -0.1) is 0 Å². The molecule has 0 bridgehead atoms. The summed E-state index contributed by atoms with van der Waals surface area (Å²) in [6.07, 6.45) is -3.50. The highest BCUT2D eigenvalue weighted by Gasteiger charge is 2.38. The molecule has 0 spiro atoms. The molecule has 0 unspecified atom stereocenters. The fourth-order valence-corrected chi connectivity index (χ4v) is 3.41. The molecule has 2 aromatic carbocycles. The molecule has 0 heterocycles. The first-order valence-electron chi connectivity index (χ1n) is 9.47. The summed E-state index contributed by atoms with van der Waals surface area (Å²) in [6, 6.07) is 8.90. The zero-order valence-corrected chi connectivity index (χ0v) is 17.8. The number of sulfonamides is 1. The van der Waals surface area contributed by atoms with Crippen LogP contribution in [0.25, 0.3) is 0 Å². The van der Waals surface area contributed by atoms with Gasteiger partial charge in [0.1, 0.15) is 0 Å². The monoisotopic (exact) mass is 460 g/mol. The minimum Gasteiger partial charge on any atom is -0.490 e. The summed E-state index contributed by atoms with van der Waals surface area (Å²) >= 11 is 0. The van der Waals surface area contributed by atoms with Gasteiger partial charge in [-0.2, -0.15) is 13.2 Å². The molecule has 0 fully saturated rings. The Morgan fingerprint density at radius 3 is 2.00 bits per heavy atom. The van der Waals surface area contributed by atoms with Crippen LogP contribution >= 0.6 is 0 Å². The lowest BCUT2D eigenvalue weighted by atomic mass is 10.3. The van der Waals surface area contributed by atoms with Crippen LogP contribution in [0.4, 0.5) is 24.5 Å². The number of rotatable bonds is 10. The van der Waals surface area contributed by atoms with E-state index in [1.165, 1.54) is 12.1 Å². The van der Waals surface area contributed by atoms with Crippen LogP contribution in [-0.4, -0.2) is 33.7 Å². The maximum atomic E-state index is 12.6. The Hall–Kier alpha value is -2.95. The quantitative estimate of drug-likeness (QED) is 0.542. The second-order valence-corrected chi connectivity index (χ2v) is 8.12. The number of amides is 1. The highest BCUT2D eigenvalue weighted by atomic mass is 32.2. The molecule has 170 valence electrons. The summed E-state index contributed by atoms with van der Waals surface area (Å²) in [5.74, 6) is -1.27. The molecule has 2 aromatic rings. The Balaban J connectivity index is 2.18. The number of benzene rings is 2. The standard InChI is InChI=1S/C20H23F3N2O5S/c1-3-11-29-17-10-7-15(13-18(17)30-12-4-2)25-31(27,28)16-8-5-14(6-9-16)24-19(26)20(21,22)23/h5-10,13,25H,3-4,11-12H2,1-2H3,(H,24,26). The third-order valence-corrected chi connectivity index (χ3v) is 5.20. The summed E-state index contributed by atoms with van der Waals surface area (Å²) in [6.45, 7) is 4.78. The van der Waals surface area contributed by atoms with E-state index in [4.69, 9.17) is 9.47 Å². The van der Waals surface area contributed by atoms with Gasteiger partial charge in [-0.3, -0.25) is 9.52 Å². The number of carbonyl (C=O) groups is 1. The van der Waals surface area contributed by atoms with E-state index >= 15 is 0 Å². The van der Waals surface area contributed by atoms with Gasteiger partial charge in [0.25, 0.3) is 10.0 Å². The largest absolute Gasteiger partial charge is 0.490 e. The molecule has 2 N–H and O–H groups in total. The Morgan fingerprint density at radius 1 is 0.903 bits per heavy atom. The van der Waals surface area contributed by atoms with Crippen molar-refractivity contribution in [3.05, 3.63) is 42.5 Å². The number of nitrogens with one attached hydrogen (secondary N) is 2. The molecule has 11 heteroatoms. The Bertz CT molecular complexity index is 993. The molecule has 0 saturated heterocycles. The molecule has 1 amide bonds. The maximum Gasteiger partial charge on any atom is 0.471 e. The van der Waals surface area contributed by atoms with Crippen molar-refractivity contribution in [2.45, 2.75) is 37.8 Å². The van der Waals surface area contributed by atoms with Gasteiger partial charge in [0.15, 0.2) is 11.5 Å². The van der Waals surface area contributed by atoms with Crippen molar-refractivity contribution in [3.8, 4) is 11.5 Å². The molecule has 0 aromatic heterocycles. The summed E-state index contributed by atoms with van der Waals surface area (Å²) in [7, 11) is -4.04. The normalized spacial score (nSPS) is 11.6. The fourth-order valence-electron chi connectivity index (χ4n) is 2.36. The molecular weight excluding hydrogens is 437 g/mol. The topological polar surface area (TPSA) is 93.7 Å². The van der Waals surface area contributed by atoms with Crippen molar-refractivity contribution in [3.63, 3.8) is 0 Å². The van der Waals surface area contributed by atoms with Gasteiger partial charge >= 0.3 is 12.1 Å². The lowest BCUT2D eigenvalue weighted by Crippen LogP contribution is -2.29. The highest BCUT2D eigenvalue weighted by Crippen LogP contribution is 2.32. The van der Waals surface area contributed by atoms with Crippen LogP contribution < -0.4 is 19.5 Å². The molecule has 31 heavy (non-hydrogen) atoms. The maximum absolute atomic E-state index is 12.6. The van der Waals surface area contributed by atoms with Crippen molar-refractivity contribution in [2.24, 2.45) is 0 Å². The van der Waals surface area contributed by atoms with Crippen LogP contribution in [-0.2, 0) is 14.8 Å². The predicted octanol–water partition coefficient (Wildman–Crippen LogP) is 4.57. The van der Waals surface area contributed by atoms with Gasteiger partial charge in [-0.25, -0.2) is 8.42 Å². The number of ether oxygens (including phenoxy) is 2. The van der Waals surface area contributed by atoms with Crippen LogP contribution in [0.1, 0.15) is 26.7 Å². The number of anilines is 2. The zero-order chi connectivity index (χ0) is 23.1. The van der Waals surface area contributed by atoms with E-state index in [1.807, 2.05) is 13.8 Å². The van der Waals surface area contributed by atoms with Crippen LogP contribution in [0, 0.1) is 0 Å². The average Bonchev–Trinajstić information content (AvgIpc) is 2.71.